The number of aliphatic hydroxyl groups excluding tert-OH is 1. The van der Waals surface area contributed by atoms with Crippen molar-refractivity contribution in [2.24, 2.45) is 10.8 Å². The number of hydrazine groups is 1. The number of nitrogens with one attached hydrogen (secondary N) is 3. The van der Waals surface area contributed by atoms with Crippen LogP contribution in [0.2, 0.25) is 0 Å². The molecule has 2 aromatic carbocycles. The Balaban J connectivity index is 1.47. The second-order valence-electron chi connectivity index (χ2n) is 7.48. The Kier molecular flexibility index (Phi) is 7.26. The number of hydrogen-bond acceptors (Lipinski definition) is 8. The van der Waals surface area contributed by atoms with Crippen LogP contribution in [0.1, 0.15) is 27.9 Å². The molecule has 9 heteroatoms. The van der Waals surface area contributed by atoms with Crippen molar-refractivity contribution in [1.29, 1.82) is 0 Å². The van der Waals surface area contributed by atoms with Crippen LogP contribution >= 0.6 is 0 Å². The van der Waals surface area contributed by atoms with Crippen molar-refractivity contribution in [2.75, 3.05) is 24.0 Å². The Morgan fingerprint density at radius 1 is 1.12 bits per heavy atom. The van der Waals surface area contributed by atoms with E-state index in [1.54, 1.807) is 12.1 Å². The molecule has 9 nitrogen and oxygen atoms in total. The molecule has 0 saturated heterocycles. The molecule has 4 rings (SSSR count). The van der Waals surface area contributed by atoms with Crippen molar-refractivity contribution in [2.45, 2.75) is 19.4 Å². The van der Waals surface area contributed by atoms with Crippen molar-refractivity contribution < 1.29 is 14.7 Å². The van der Waals surface area contributed by atoms with Crippen LogP contribution in [0.3, 0.4) is 0 Å². The van der Waals surface area contributed by atoms with Crippen LogP contribution in [0.5, 0.6) is 0 Å². The molecule has 1 aliphatic rings. The summed E-state index contributed by atoms with van der Waals surface area (Å²) >= 11 is 0. The molecule has 1 aliphatic heterocycles. The molecule has 2 heterocycles. The first-order chi connectivity index (χ1) is 16.2. The molecule has 33 heavy (non-hydrogen) atoms. The summed E-state index contributed by atoms with van der Waals surface area (Å²) in [6, 6.07) is 17.0. The number of nitrogen functional groups attached to an aromatic ring is 1. The first kappa shape index (κ1) is 22.4. The Labute approximate surface area is 191 Å². The number of hydrogen-bond donors (Lipinski definition) is 5. The minimum absolute atomic E-state index is 0.0322. The number of fused-ring (bicyclic) bond motifs is 1. The molecule has 0 bridgehead atoms. The summed E-state index contributed by atoms with van der Waals surface area (Å²) < 4.78 is 0. The van der Waals surface area contributed by atoms with Gasteiger partial charge in [0.1, 0.15) is 0 Å². The Morgan fingerprint density at radius 3 is 2.76 bits per heavy atom. The van der Waals surface area contributed by atoms with Gasteiger partial charge in [0.15, 0.2) is 5.82 Å². The topological polar surface area (TPSA) is 134 Å². The number of aliphatic hydroxyl groups is 1. The maximum absolute atomic E-state index is 12.0. The third-order valence-corrected chi connectivity index (χ3v) is 5.23. The van der Waals surface area contributed by atoms with E-state index in [2.05, 4.69) is 33.3 Å². The highest BCUT2D eigenvalue weighted by Gasteiger charge is 2.11. The molecular weight excluding hydrogens is 420 g/mol. The molecule has 0 radical (unpaired) electrons. The highest BCUT2D eigenvalue weighted by molar-refractivity contribution is 5.94. The number of carbonyl (C=O) groups is 1. The summed E-state index contributed by atoms with van der Waals surface area (Å²) in [7, 11) is 0. The smallest absolute Gasteiger partial charge is 0.274 e. The van der Waals surface area contributed by atoms with Crippen molar-refractivity contribution >= 4 is 29.3 Å². The lowest BCUT2D eigenvalue weighted by Crippen LogP contribution is -2.25. The highest BCUT2D eigenvalue weighted by Crippen LogP contribution is 2.27. The van der Waals surface area contributed by atoms with Gasteiger partial charge in [-0.2, -0.15) is 0 Å². The Bertz CT molecular complexity index is 1150. The predicted octanol–water partition coefficient (Wildman–Crippen LogP) is 2.95. The van der Waals surface area contributed by atoms with Crippen LogP contribution in [0.15, 0.2) is 59.6 Å². The van der Waals surface area contributed by atoms with E-state index < -0.39 is 0 Å². The summed E-state index contributed by atoms with van der Waals surface area (Å²) in [5.74, 6) is 5.93. The number of rotatable bonds is 9. The second kappa shape index (κ2) is 10.7. The molecule has 3 aromatic rings. The normalized spacial score (nSPS) is 12.2. The van der Waals surface area contributed by atoms with Gasteiger partial charge < -0.3 is 15.8 Å². The number of hydroxylamine groups is 1. The number of carbonyl (C=O) groups excluding carboxylic acids is 1. The zero-order valence-corrected chi connectivity index (χ0v) is 18.0. The molecule has 1 aromatic heterocycles. The molecule has 1 amide bonds. The van der Waals surface area contributed by atoms with Crippen LogP contribution in [-0.2, 0) is 17.8 Å². The summed E-state index contributed by atoms with van der Waals surface area (Å²) in [5.41, 5.74) is 11.1. The minimum atomic E-state index is -0.385. The lowest BCUT2D eigenvalue weighted by Gasteiger charge is -2.15. The number of nitrogens with two attached hydrogens (primary N) is 1. The number of aryl methyl sites for hydroxylation is 1. The fourth-order valence-electron chi connectivity index (χ4n) is 3.53. The van der Waals surface area contributed by atoms with Crippen LogP contribution in [0, 0.1) is 0 Å². The fraction of sp³-hybridized carbons (Fsp3) is 0.208. The first-order valence-corrected chi connectivity index (χ1v) is 10.7. The Morgan fingerprint density at radius 2 is 1.97 bits per heavy atom. The number of amides is 1. The Hall–Kier alpha value is -3.79. The molecule has 0 fully saturated rings. The second-order valence-corrected chi connectivity index (χ2v) is 7.48. The summed E-state index contributed by atoms with van der Waals surface area (Å²) in [4.78, 5) is 26.1. The first-order valence-electron chi connectivity index (χ1n) is 10.7. The van der Waals surface area contributed by atoms with Crippen molar-refractivity contribution in [1.82, 2.24) is 10.5 Å². The van der Waals surface area contributed by atoms with Gasteiger partial charge in [-0.15, -0.1) is 0 Å². The van der Waals surface area contributed by atoms with Gasteiger partial charge in [0.05, 0.1) is 30.3 Å². The van der Waals surface area contributed by atoms with Crippen LogP contribution in [0.4, 0.5) is 17.2 Å². The predicted molar refractivity (Wildman–Crippen MR) is 128 cm³/mol. The average molecular weight is 447 g/mol. The van der Waals surface area contributed by atoms with E-state index in [1.165, 1.54) is 5.56 Å². The third kappa shape index (κ3) is 5.53. The third-order valence-electron chi connectivity index (χ3n) is 5.23. The highest BCUT2D eigenvalue weighted by atomic mass is 16.7. The zero-order valence-electron chi connectivity index (χ0n) is 18.0. The molecule has 0 aliphatic carbocycles. The molecule has 0 atom stereocenters. The van der Waals surface area contributed by atoms with Gasteiger partial charge in [-0.05, 0) is 54.3 Å². The van der Waals surface area contributed by atoms with Gasteiger partial charge in [-0.1, -0.05) is 24.3 Å². The SMILES string of the molecule is NNc1ccc(-c2ccc(C(=O)NOCCO)cc2)nc1NCc1ccc2c(c1)CCC=N2. The van der Waals surface area contributed by atoms with E-state index in [0.717, 1.165) is 35.3 Å². The van der Waals surface area contributed by atoms with Gasteiger partial charge in [-0.3, -0.25) is 20.5 Å². The number of pyridine rings is 1. The minimum Gasteiger partial charge on any atom is -0.394 e. The number of nitrogens with zero attached hydrogens (tertiary/aromatic N) is 2. The van der Waals surface area contributed by atoms with E-state index >= 15 is 0 Å². The molecule has 6 N–H and O–H groups in total. The van der Waals surface area contributed by atoms with Crippen LogP contribution < -0.4 is 22.1 Å². The molecule has 0 unspecified atom stereocenters. The molecule has 170 valence electrons. The monoisotopic (exact) mass is 446 g/mol. The average Bonchev–Trinajstić information content (AvgIpc) is 2.87. The molecule has 0 spiro atoms. The standard InChI is InChI=1S/C24H26N6O3/c25-29-22-10-9-21(17-4-6-18(7-5-17)24(32)30-33-13-12-31)28-23(22)27-15-16-3-8-20-19(14-16)2-1-11-26-20/h3-11,14,29,31H,1-2,12-13,15,25H2,(H,27,28)(H,30,32). The zero-order chi connectivity index (χ0) is 23.0. The largest absolute Gasteiger partial charge is 0.394 e. The number of aliphatic imine (C=N–C) groups is 1. The van der Waals surface area contributed by atoms with E-state index in [9.17, 15) is 4.79 Å². The lowest BCUT2D eigenvalue weighted by atomic mass is 10.0. The van der Waals surface area contributed by atoms with E-state index in [-0.39, 0.29) is 19.1 Å². The molecular formula is C24H26N6O3. The van der Waals surface area contributed by atoms with Gasteiger partial charge in [-0.25, -0.2) is 10.5 Å². The number of anilines is 2. The van der Waals surface area contributed by atoms with Gasteiger partial charge in [0.2, 0.25) is 0 Å². The van der Waals surface area contributed by atoms with E-state index in [4.69, 9.17) is 20.8 Å². The lowest BCUT2D eigenvalue weighted by molar-refractivity contribution is 0.0168. The molecule has 0 saturated carbocycles. The summed E-state index contributed by atoms with van der Waals surface area (Å²) in [5, 5.41) is 12.1. The van der Waals surface area contributed by atoms with Crippen LogP contribution in [-0.4, -0.2) is 35.4 Å². The summed E-state index contributed by atoms with van der Waals surface area (Å²) in [6.07, 6.45) is 3.92. The quantitative estimate of drug-likeness (QED) is 0.194. The van der Waals surface area contributed by atoms with Crippen molar-refractivity contribution in [3.63, 3.8) is 0 Å². The van der Waals surface area contributed by atoms with Gasteiger partial charge in [0, 0.05) is 23.9 Å². The number of aromatic nitrogens is 1. The summed E-state index contributed by atoms with van der Waals surface area (Å²) in [6.45, 7) is 0.454. The van der Waals surface area contributed by atoms with Gasteiger partial charge in [0.25, 0.3) is 5.91 Å². The van der Waals surface area contributed by atoms with E-state index in [1.807, 2.05) is 36.5 Å². The van der Waals surface area contributed by atoms with Crippen molar-refractivity contribution in [3.05, 3.63) is 71.3 Å². The number of benzene rings is 2. The maximum atomic E-state index is 12.0. The maximum Gasteiger partial charge on any atom is 0.274 e. The van der Waals surface area contributed by atoms with Crippen molar-refractivity contribution in [3.8, 4) is 11.3 Å². The fourth-order valence-corrected chi connectivity index (χ4v) is 3.53. The van der Waals surface area contributed by atoms with Gasteiger partial charge >= 0.3 is 0 Å². The van der Waals surface area contributed by atoms with E-state index in [0.29, 0.717) is 23.6 Å². The van der Waals surface area contributed by atoms with Crippen LogP contribution in [0.25, 0.3) is 11.3 Å².